The van der Waals surface area contributed by atoms with E-state index in [-0.39, 0.29) is 18.3 Å². The van der Waals surface area contributed by atoms with E-state index < -0.39 is 24.9 Å². The van der Waals surface area contributed by atoms with Gasteiger partial charge in [0.25, 0.3) is 0 Å². The van der Waals surface area contributed by atoms with E-state index >= 15 is 0 Å². The van der Waals surface area contributed by atoms with E-state index in [2.05, 4.69) is 10.3 Å². The largest absolute Gasteiger partial charge is 0.406 e. The maximum absolute atomic E-state index is 12.4. The van der Waals surface area contributed by atoms with Crippen molar-refractivity contribution in [2.45, 2.75) is 44.6 Å². The Bertz CT molecular complexity index is 532. The Hall–Kier alpha value is -1.77. The summed E-state index contributed by atoms with van der Waals surface area (Å²) in [5.74, 6) is 0.197. The minimum Gasteiger partial charge on any atom is -0.393 e. The number of urea groups is 1. The third-order valence-electron chi connectivity index (χ3n) is 4.02. The van der Waals surface area contributed by atoms with Crippen molar-refractivity contribution in [1.29, 1.82) is 0 Å². The topological polar surface area (TPSA) is 70.4 Å². The van der Waals surface area contributed by atoms with Crippen LogP contribution in [0, 0.1) is 5.92 Å². The summed E-state index contributed by atoms with van der Waals surface area (Å²) in [7, 11) is 1.60. The van der Waals surface area contributed by atoms with Crippen LogP contribution in [0.25, 0.3) is 0 Å². The summed E-state index contributed by atoms with van der Waals surface area (Å²) in [6.07, 6.45) is 0.324. The van der Waals surface area contributed by atoms with Crippen molar-refractivity contribution in [2.75, 3.05) is 13.6 Å². The summed E-state index contributed by atoms with van der Waals surface area (Å²) in [4.78, 5) is 17.3. The van der Waals surface area contributed by atoms with Crippen molar-refractivity contribution in [3.63, 3.8) is 0 Å². The van der Waals surface area contributed by atoms with Gasteiger partial charge >= 0.3 is 12.2 Å². The van der Waals surface area contributed by atoms with Crippen LogP contribution in [0.5, 0.6) is 0 Å². The number of amides is 2. The highest BCUT2D eigenvalue weighted by atomic mass is 19.4. The number of carbonyl (C=O) groups excluding carboxylic acids is 1. The average Bonchev–Trinajstić information content (AvgIpc) is 3.04. The Balaban J connectivity index is 1.83. The predicted molar refractivity (Wildman–Crippen MR) is 76.5 cm³/mol. The van der Waals surface area contributed by atoms with E-state index in [4.69, 9.17) is 0 Å². The number of imidazole rings is 1. The molecule has 2 atom stereocenters. The van der Waals surface area contributed by atoms with Gasteiger partial charge in [-0.1, -0.05) is 6.42 Å². The lowest BCUT2D eigenvalue weighted by atomic mass is 10.1. The number of halogens is 3. The van der Waals surface area contributed by atoms with Crippen LogP contribution in [0.1, 0.15) is 25.1 Å². The van der Waals surface area contributed by atoms with E-state index in [1.807, 2.05) is 0 Å². The Kier molecular flexibility index (Phi) is 5.51. The lowest BCUT2D eigenvalue weighted by Gasteiger charge is -2.23. The third-order valence-corrected chi connectivity index (χ3v) is 4.02. The highest BCUT2D eigenvalue weighted by molar-refractivity contribution is 5.73. The molecule has 0 aliphatic heterocycles. The first-order valence-electron chi connectivity index (χ1n) is 7.50. The highest BCUT2D eigenvalue weighted by Crippen LogP contribution is 2.26. The minimum absolute atomic E-state index is 0.0537. The van der Waals surface area contributed by atoms with Crippen LogP contribution in [-0.4, -0.2) is 51.5 Å². The average molecular weight is 334 g/mol. The fraction of sp³-hybridized carbons (Fsp3) is 0.714. The van der Waals surface area contributed by atoms with Crippen molar-refractivity contribution in [1.82, 2.24) is 19.8 Å². The van der Waals surface area contributed by atoms with Gasteiger partial charge in [-0.25, -0.2) is 9.78 Å². The number of nitrogens with one attached hydrogen (secondary N) is 1. The van der Waals surface area contributed by atoms with Crippen molar-refractivity contribution in [2.24, 2.45) is 5.92 Å². The van der Waals surface area contributed by atoms with Gasteiger partial charge in [0.1, 0.15) is 12.4 Å². The lowest BCUT2D eigenvalue weighted by molar-refractivity contribution is -0.141. The molecule has 2 unspecified atom stereocenters. The molecular weight excluding hydrogens is 313 g/mol. The molecule has 1 fully saturated rings. The van der Waals surface area contributed by atoms with Gasteiger partial charge in [-0.2, -0.15) is 13.2 Å². The molecule has 1 aromatic heterocycles. The number of aliphatic hydroxyl groups excluding tert-OH is 1. The summed E-state index contributed by atoms with van der Waals surface area (Å²) < 4.78 is 38.2. The van der Waals surface area contributed by atoms with Crippen LogP contribution in [0.15, 0.2) is 12.4 Å². The summed E-state index contributed by atoms with van der Waals surface area (Å²) in [6.45, 7) is -0.800. The van der Waals surface area contributed by atoms with E-state index in [0.717, 1.165) is 23.8 Å². The molecule has 1 aliphatic rings. The quantitative estimate of drug-likeness (QED) is 0.862. The van der Waals surface area contributed by atoms with Crippen LogP contribution in [-0.2, 0) is 13.1 Å². The molecule has 23 heavy (non-hydrogen) atoms. The lowest BCUT2D eigenvalue weighted by Crippen LogP contribution is -2.41. The van der Waals surface area contributed by atoms with Crippen LogP contribution in [0.3, 0.4) is 0 Å². The second-order valence-electron chi connectivity index (χ2n) is 5.88. The number of rotatable bonds is 5. The molecule has 1 aromatic rings. The van der Waals surface area contributed by atoms with E-state index in [1.165, 1.54) is 17.3 Å². The number of nitrogens with zero attached hydrogens (tertiary/aromatic N) is 3. The second kappa shape index (κ2) is 7.20. The van der Waals surface area contributed by atoms with Gasteiger partial charge in [-0.15, -0.1) is 0 Å². The maximum Gasteiger partial charge on any atom is 0.406 e. The van der Waals surface area contributed by atoms with Crippen molar-refractivity contribution >= 4 is 6.03 Å². The molecule has 9 heteroatoms. The number of hydrogen-bond donors (Lipinski definition) is 2. The third kappa shape index (κ3) is 5.12. The predicted octanol–water partition coefficient (Wildman–Crippen LogP) is 1.75. The Morgan fingerprint density at radius 3 is 2.87 bits per heavy atom. The standard InChI is InChI=1S/C14H21F3N4O2/c1-20(8-10-3-2-4-11(10)22)13(23)19-7-12-18-5-6-21(12)9-14(15,16)17/h5-6,10-11,22H,2-4,7-9H2,1H3,(H,19,23). The van der Waals surface area contributed by atoms with Crippen LogP contribution in [0.4, 0.5) is 18.0 Å². The Labute approximate surface area is 132 Å². The zero-order valence-corrected chi connectivity index (χ0v) is 12.9. The minimum atomic E-state index is -4.34. The monoisotopic (exact) mass is 334 g/mol. The van der Waals surface area contributed by atoms with Crippen molar-refractivity contribution in [3.8, 4) is 0 Å². The molecular formula is C14H21F3N4O2. The van der Waals surface area contributed by atoms with Gasteiger partial charge in [0.15, 0.2) is 0 Å². The maximum atomic E-state index is 12.4. The molecule has 0 radical (unpaired) electrons. The fourth-order valence-electron chi connectivity index (χ4n) is 2.80. The summed E-state index contributed by atoms with van der Waals surface area (Å²) in [5, 5.41) is 12.3. The summed E-state index contributed by atoms with van der Waals surface area (Å²) >= 11 is 0. The van der Waals surface area contributed by atoms with E-state index in [1.54, 1.807) is 7.05 Å². The molecule has 0 spiro atoms. The molecule has 1 aliphatic carbocycles. The number of hydrogen-bond acceptors (Lipinski definition) is 3. The summed E-state index contributed by atoms with van der Waals surface area (Å²) in [5.41, 5.74) is 0. The van der Waals surface area contributed by atoms with Crippen molar-refractivity contribution < 1.29 is 23.1 Å². The van der Waals surface area contributed by atoms with E-state index in [9.17, 15) is 23.1 Å². The molecule has 2 rings (SSSR count). The van der Waals surface area contributed by atoms with Gasteiger partial charge in [0, 0.05) is 31.9 Å². The van der Waals surface area contributed by atoms with Crippen LogP contribution >= 0.6 is 0 Å². The first kappa shape index (κ1) is 17.6. The molecule has 130 valence electrons. The first-order valence-corrected chi connectivity index (χ1v) is 7.50. The van der Waals surface area contributed by atoms with Crippen LogP contribution in [0.2, 0.25) is 0 Å². The molecule has 2 N–H and O–H groups in total. The zero-order valence-electron chi connectivity index (χ0n) is 12.9. The number of aliphatic hydroxyl groups is 1. The molecule has 0 bridgehead atoms. The van der Waals surface area contributed by atoms with Gasteiger partial charge < -0.3 is 19.9 Å². The number of carbonyl (C=O) groups is 1. The Morgan fingerprint density at radius 1 is 1.52 bits per heavy atom. The smallest absolute Gasteiger partial charge is 0.393 e. The van der Waals surface area contributed by atoms with Gasteiger partial charge in [0.05, 0.1) is 12.6 Å². The zero-order chi connectivity index (χ0) is 17.0. The molecule has 1 heterocycles. The molecule has 6 nitrogen and oxygen atoms in total. The number of aromatic nitrogens is 2. The summed E-state index contributed by atoms with van der Waals surface area (Å²) in [6, 6.07) is -0.398. The Morgan fingerprint density at radius 2 is 2.26 bits per heavy atom. The fourth-order valence-corrected chi connectivity index (χ4v) is 2.80. The first-order chi connectivity index (χ1) is 10.8. The second-order valence-corrected chi connectivity index (χ2v) is 5.88. The molecule has 0 aromatic carbocycles. The van der Waals surface area contributed by atoms with Crippen LogP contribution < -0.4 is 5.32 Å². The molecule has 0 saturated heterocycles. The highest BCUT2D eigenvalue weighted by Gasteiger charge is 2.29. The number of alkyl halides is 3. The van der Waals surface area contributed by atoms with E-state index in [0.29, 0.717) is 6.54 Å². The molecule has 2 amide bonds. The normalized spacial score (nSPS) is 21.4. The van der Waals surface area contributed by atoms with Gasteiger partial charge in [0.2, 0.25) is 0 Å². The van der Waals surface area contributed by atoms with Gasteiger partial charge in [-0.05, 0) is 12.8 Å². The van der Waals surface area contributed by atoms with Gasteiger partial charge in [-0.3, -0.25) is 0 Å². The molecule has 1 saturated carbocycles. The SMILES string of the molecule is CN(CC1CCCC1O)C(=O)NCc1nccn1CC(F)(F)F. The van der Waals surface area contributed by atoms with Crippen molar-refractivity contribution in [3.05, 3.63) is 18.2 Å².